The molecule has 2 aromatic rings. The maximum absolute atomic E-state index is 13.2. The Labute approximate surface area is 126 Å². The molecule has 0 fully saturated rings. The first-order valence-electron chi connectivity index (χ1n) is 6.28. The molecule has 0 bridgehead atoms. The predicted octanol–water partition coefficient (Wildman–Crippen LogP) is 4.97. The van der Waals surface area contributed by atoms with Crippen LogP contribution in [0.2, 0.25) is 0 Å². The molecule has 4 heteroatoms. The van der Waals surface area contributed by atoms with Crippen molar-refractivity contribution in [1.82, 2.24) is 5.32 Å². The third kappa shape index (κ3) is 3.25. The third-order valence-electron chi connectivity index (χ3n) is 3.02. The summed E-state index contributed by atoms with van der Waals surface area (Å²) in [6.07, 6.45) is 0. The predicted molar refractivity (Wildman–Crippen MR) is 83.4 cm³/mol. The first-order valence-corrected chi connectivity index (χ1v) is 7.89. The Bertz CT molecular complexity index is 580. The zero-order chi connectivity index (χ0) is 14.0. The number of halogens is 2. The standard InChI is InChI=1S/C15H17BrFNS/c1-4-18-14(15-9(2)7-10(3)19-15)12-6-5-11(17)8-13(12)16/h5-8,14,18H,4H2,1-3H3. The van der Waals surface area contributed by atoms with Crippen LogP contribution in [0.1, 0.15) is 33.8 Å². The molecule has 0 radical (unpaired) electrons. The van der Waals surface area contributed by atoms with Gasteiger partial charge in [0.05, 0.1) is 6.04 Å². The smallest absolute Gasteiger partial charge is 0.124 e. The monoisotopic (exact) mass is 341 g/mol. The molecular formula is C15H17BrFNS. The van der Waals surface area contributed by atoms with Gasteiger partial charge in [0.15, 0.2) is 0 Å². The largest absolute Gasteiger partial charge is 0.306 e. The lowest BCUT2D eigenvalue weighted by atomic mass is 10.0. The van der Waals surface area contributed by atoms with E-state index in [1.165, 1.54) is 27.5 Å². The van der Waals surface area contributed by atoms with E-state index in [-0.39, 0.29) is 11.9 Å². The van der Waals surface area contributed by atoms with Gasteiger partial charge in [0.2, 0.25) is 0 Å². The van der Waals surface area contributed by atoms with Crippen LogP contribution in [-0.2, 0) is 0 Å². The van der Waals surface area contributed by atoms with Crippen molar-refractivity contribution in [3.8, 4) is 0 Å². The van der Waals surface area contributed by atoms with Crippen molar-refractivity contribution >= 4 is 27.3 Å². The fraction of sp³-hybridized carbons (Fsp3) is 0.333. The van der Waals surface area contributed by atoms with Crippen LogP contribution in [0.5, 0.6) is 0 Å². The van der Waals surface area contributed by atoms with Gasteiger partial charge < -0.3 is 5.32 Å². The third-order valence-corrected chi connectivity index (χ3v) is 4.93. The summed E-state index contributed by atoms with van der Waals surface area (Å²) >= 11 is 5.26. The van der Waals surface area contributed by atoms with E-state index >= 15 is 0 Å². The zero-order valence-electron chi connectivity index (χ0n) is 11.3. The molecule has 1 aromatic carbocycles. The van der Waals surface area contributed by atoms with Gasteiger partial charge in [-0.1, -0.05) is 28.9 Å². The molecule has 0 saturated carbocycles. The fourth-order valence-corrected chi connectivity index (χ4v) is 3.94. The molecule has 0 spiro atoms. The summed E-state index contributed by atoms with van der Waals surface area (Å²) in [7, 11) is 0. The number of benzene rings is 1. The highest BCUT2D eigenvalue weighted by Gasteiger charge is 2.20. The topological polar surface area (TPSA) is 12.0 Å². The van der Waals surface area contributed by atoms with Crippen molar-refractivity contribution in [2.45, 2.75) is 26.8 Å². The van der Waals surface area contributed by atoms with Gasteiger partial charge in [-0.2, -0.15) is 0 Å². The van der Waals surface area contributed by atoms with E-state index in [1.54, 1.807) is 11.3 Å². The second-order valence-electron chi connectivity index (χ2n) is 4.56. The lowest BCUT2D eigenvalue weighted by Gasteiger charge is -2.19. The summed E-state index contributed by atoms with van der Waals surface area (Å²) in [6.45, 7) is 7.19. The number of hydrogen-bond donors (Lipinski definition) is 1. The van der Waals surface area contributed by atoms with Crippen LogP contribution in [0.3, 0.4) is 0 Å². The van der Waals surface area contributed by atoms with E-state index in [9.17, 15) is 4.39 Å². The summed E-state index contributed by atoms with van der Waals surface area (Å²) in [4.78, 5) is 2.60. The Balaban J connectivity index is 2.48. The summed E-state index contributed by atoms with van der Waals surface area (Å²) in [6, 6.07) is 7.19. The molecule has 0 amide bonds. The van der Waals surface area contributed by atoms with Gasteiger partial charge in [0.25, 0.3) is 0 Å². The number of nitrogens with one attached hydrogen (secondary N) is 1. The van der Waals surface area contributed by atoms with Crippen molar-refractivity contribution in [2.24, 2.45) is 0 Å². The summed E-state index contributed by atoms with van der Waals surface area (Å²) in [5, 5.41) is 3.49. The van der Waals surface area contributed by atoms with E-state index in [0.717, 1.165) is 16.6 Å². The number of thiophene rings is 1. The average Bonchev–Trinajstić information content (AvgIpc) is 2.66. The van der Waals surface area contributed by atoms with E-state index < -0.39 is 0 Å². The molecule has 0 aliphatic heterocycles. The minimum atomic E-state index is -0.218. The molecule has 19 heavy (non-hydrogen) atoms. The average molecular weight is 342 g/mol. The van der Waals surface area contributed by atoms with Crippen LogP contribution >= 0.6 is 27.3 Å². The van der Waals surface area contributed by atoms with Gasteiger partial charge in [-0.3, -0.25) is 0 Å². The Kier molecular flexibility index (Phi) is 4.76. The van der Waals surface area contributed by atoms with E-state index in [4.69, 9.17) is 0 Å². The van der Waals surface area contributed by atoms with E-state index in [2.05, 4.69) is 48.1 Å². The Morgan fingerprint density at radius 3 is 2.58 bits per heavy atom. The highest BCUT2D eigenvalue weighted by Crippen LogP contribution is 2.35. The quantitative estimate of drug-likeness (QED) is 0.828. The molecule has 1 unspecified atom stereocenters. The van der Waals surface area contributed by atoms with Crippen LogP contribution in [0, 0.1) is 19.7 Å². The van der Waals surface area contributed by atoms with Crippen molar-refractivity contribution in [2.75, 3.05) is 6.54 Å². The lowest BCUT2D eigenvalue weighted by molar-refractivity contribution is 0.613. The van der Waals surface area contributed by atoms with Crippen molar-refractivity contribution in [3.63, 3.8) is 0 Å². The molecule has 0 aliphatic carbocycles. The first kappa shape index (κ1) is 14.7. The molecule has 0 aliphatic rings. The minimum Gasteiger partial charge on any atom is -0.306 e. The molecular weight excluding hydrogens is 325 g/mol. The second kappa shape index (κ2) is 6.16. The Morgan fingerprint density at radius 1 is 1.32 bits per heavy atom. The molecule has 0 saturated heterocycles. The fourth-order valence-electron chi connectivity index (χ4n) is 2.23. The maximum atomic E-state index is 13.2. The summed E-state index contributed by atoms with van der Waals surface area (Å²) < 4.78 is 14.0. The second-order valence-corrected chi connectivity index (χ2v) is 6.70. The normalized spacial score (nSPS) is 12.7. The van der Waals surface area contributed by atoms with Crippen LogP contribution in [0.15, 0.2) is 28.7 Å². The zero-order valence-corrected chi connectivity index (χ0v) is 13.7. The molecule has 102 valence electrons. The van der Waals surface area contributed by atoms with Crippen molar-refractivity contribution < 1.29 is 4.39 Å². The van der Waals surface area contributed by atoms with Gasteiger partial charge in [-0.15, -0.1) is 11.3 Å². The van der Waals surface area contributed by atoms with Gasteiger partial charge >= 0.3 is 0 Å². The molecule has 1 atom stereocenters. The molecule has 1 aromatic heterocycles. The van der Waals surface area contributed by atoms with Gasteiger partial charge in [-0.25, -0.2) is 4.39 Å². The van der Waals surface area contributed by atoms with Crippen molar-refractivity contribution in [1.29, 1.82) is 0 Å². The molecule has 1 nitrogen and oxygen atoms in total. The highest BCUT2D eigenvalue weighted by atomic mass is 79.9. The highest BCUT2D eigenvalue weighted by molar-refractivity contribution is 9.10. The number of hydrogen-bond acceptors (Lipinski definition) is 2. The van der Waals surface area contributed by atoms with Gasteiger partial charge in [-0.05, 0) is 49.7 Å². The van der Waals surface area contributed by atoms with E-state index in [1.807, 2.05) is 6.07 Å². The Hall–Kier alpha value is -0.710. The number of rotatable bonds is 4. The minimum absolute atomic E-state index is 0.110. The molecule has 2 rings (SSSR count). The molecule has 1 heterocycles. The van der Waals surface area contributed by atoms with Gasteiger partial charge in [0, 0.05) is 14.2 Å². The van der Waals surface area contributed by atoms with Crippen molar-refractivity contribution in [3.05, 3.63) is 55.4 Å². The number of aryl methyl sites for hydroxylation is 2. The molecule has 1 N–H and O–H groups in total. The summed E-state index contributed by atoms with van der Waals surface area (Å²) in [5.74, 6) is -0.218. The van der Waals surface area contributed by atoms with Crippen LogP contribution in [-0.4, -0.2) is 6.54 Å². The lowest BCUT2D eigenvalue weighted by Crippen LogP contribution is -2.22. The van der Waals surface area contributed by atoms with E-state index in [0.29, 0.717) is 0 Å². The van der Waals surface area contributed by atoms with Gasteiger partial charge in [0.1, 0.15) is 5.82 Å². The first-order chi connectivity index (χ1) is 9.02. The Morgan fingerprint density at radius 2 is 2.05 bits per heavy atom. The maximum Gasteiger partial charge on any atom is 0.124 e. The van der Waals surface area contributed by atoms with Crippen LogP contribution in [0.25, 0.3) is 0 Å². The van der Waals surface area contributed by atoms with Crippen LogP contribution in [0.4, 0.5) is 4.39 Å². The SMILES string of the molecule is CCNC(c1ccc(F)cc1Br)c1sc(C)cc1C. The summed E-state index contributed by atoms with van der Waals surface area (Å²) in [5.41, 5.74) is 2.36. The van der Waals surface area contributed by atoms with Crippen LogP contribution < -0.4 is 5.32 Å².